The highest BCUT2D eigenvalue weighted by atomic mass is 32.1. The van der Waals surface area contributed by atoms with Crippen LogP contribution in [-0.2, 0) is 9.53 Å². The molecule has 7 nitrogen and oxygen atoms in total. The van der Waals surface area contributed by atoms with Crippen molar-refractivity contribution < 1.29 is 9.53 Å². The summed E-state index contributed by atoms with van der Waals surface area (Å²) in [5.74, 6) is 0.656. The third kappa shape index (κ3) is 3.89. The first-order valence-corrected chi connectivity index (χ1v) is 8.76. The lowest BCUT2D eigenvalue weighted by Gasteiger charge is -2.36. The Morgan fingerprint density at radius 1 is 1.33 bits per heavy atom. The molecule has 2 aromatic rings. The summed E-state index contributed by atoms with van der Waals surface area (Å²) in [5, 5.41) is 5.07. The van der Waals surface area contributed by atoms with Gasteiger partial charge in [0.25, 0.3) is 0 Å². The van der Waals surface area contributed by atoms with Gasteiger partial charge in [-0.2, -0.15) is 0 Å². The second-order valence-electron chi connectivity index (χ2n) is 5.83. The molecule has 24 heavy (non-hydrogen) atoms. The minimum Gasteiger partial charge on any atom is -0.372 e. The summed E-state index contributed by atoms with van der Waals surface area (Å²) < 4.78 is 5.77. The molecule has 1 aliphatic heterocycles. The van der Waals surface area contributed by atoms with E-state index in [4.69, 9.17) is 15.5 Å². The van der Waals surface area contributed by atoms with E-state index in [9.17, 15) is 4.79 Å². The van der Waals surface area contributed by atoms with Crippen LogP contribution in [0.1, 0.15) is 13.8 Å². The Balaban J connectivity index is 1.79. The van der Waals surface area contributed by atoms with Crippen molar-refractivity contribution in [3.8, 4) is 11.4 Å². The minimum absolute atomic E-state index is 0.0595. The molecule has 0 radical (unpaired) electrons. The third-order valence-electron chi connectivity index (χ3n) is 3.68. The van der Waals surface area contributed by atoms with Crippen molar-refractivity contribution in [1.82, 2.24) is 9.97 Å². The van der Waals surface area contributed by atoms with Gasteiger partial charge in [0.1, 0.15) is 11.5 Å². The predicted molar refractivity (Wildman–Crippen MR) is 95.3 cm³/mol. The summed E-state index contributed by atoms with van der Waals surface area (Å²) in [6.45, 7) is 5.71. The molecule has 0 spiro atoms. The molecule has 0 bridgehead atoms. The summed E-state index contributed by atoms with van der Waals surface area (Å²) >= 11 is 1.36. The first-order chi connectivity index (χ1) is 11.5. The largest absolute Gasteiger partial charge is 0.372 e. The average molecular weight is 347 g/mol. The van der Waals surface area contributed by atoms with Gasteiger partial charge < -0.3 is 20.7 Å². The quantitative estimate of drug-likeness (QED) is 0.875. The van der Waals surface area contributed by atoms with Gasteiger partial charge in [-0.15, -0.1) is 11.3 Å². The number of rotatable bonds is 4. The summed E-state index contributed by atoms with van der Waals surface area (Å²) in [6.07, 6.45) is 0.355. The van der Waals surface area contributed by atoms with Crippen LogP contribution in [0.15, 0.2) is 23.6 Å². The monoisotopic (exact) mass is 347 g/mol. The number of thiazole rings is 1. The molecule has 3 N–H and O–H groups in total. The Hall–Kier alpha value is -2.03. The lowest BCUT2D eigenvalue weighted by atomic mass is 10.2. The van der Waals surface area contributed by atoms with E-state index in [0.717, 1.165) is 30.3 Å². The number of hydrogen-bond acceptors (Lipinski definition) is 7. The van der Waals surface area contributed by atoms with Crippen molar-refractivity contribution in [2.24, 2.45) is 5.73 Å². The van der Waals surface area contributed by atoms with E-state index in [1.165, 1.54) is 11.3 Å². The zero-order valence-corrected chi connectivity index (χ0v) is 14.5. The number of aromatic nitrogens is 2. The molecule has 0 aromatic carbocycles. The Bertz CT molecular complexity index is 710. The van der Waals surface area contributed by atoms with Crippen molar-refractivity contribution in [2.45, 2.75) is 26.1 Å². The van der Waals surface area contributed by atoms with Crippen LogP contribution in [0.2, 0.25) is 0 Å². The van der Waals surface area contributed by atoms with Crippen molar-refractivity contribution in [2.75, 3.05) is 29.9 Å². The Morgan fingerprint density at radius 3 is 2.79 bits per heavy atom. The van der Waals surface area contributed by atoms with Gasteiger partial charge in [-0.25, -0.2) is 9.97 Å². The van der Waals surface area contributed by atoms with Gasteiger partial charge in [-0.3, -0.25) is 4.79 Å². The van der Waals surface area contributed by atoms with Gasteiger partial charge in [0.2, 0.25) is 5.91 Å². The Kier molecular flexibility index (Phi) is 5.08. The topological polar surface area (TPSA) is 93.4 Å². The van der Waals surface area contributed by atoms with E-state index in [1.807, 2.05) is 23.6 Å². The molecule has 3 rings (SSSR count). The number of nitrogens with two attached hydrogens (primary N) is 1. The number of carbonyl (C=O) groups excluding carboxylic acids is 1. The fourth-order valence-corrected chi connectivity index (χ4v) is 3.45. The maximum Gasteiger partial charge on any atom is 0.239 e. The molecule has 2 unspecified atom stereocenters. The first-order valence-electron chi connectivity index (χ1n) is 7.88. The first kappa shape index (κ1) is 16.8. The maximum atomic E-state index is 11.3. The maximum absolute atomic E-state index is 11.3. The highest BCUT2D eigenvalue weighted by molar-refractivity contribution is 7.14. The lowest BCUT2D eigenvalue weighted by molar-refractivity contribution is -0.114. The van der Waals surface area contributed by atoms with Crippen LogP contribution in [0, 0.1) is 0 Å². The zero-order valence-electron chi connectivity index (χ0n) is 13.7. The highest BCUT2D eigenvalue weighted by Gasteiger charge is 2.23. The van der Waals surface area contributed by atoms with Crippen LogP contribution in [0.25, 0.3) is 11.4 Å². The number of hydrogen-bond donors (Lipinski definition) is 2. The predicted octanol–water partition coefficient (Wildman–Crippen LogP) is 1.72. The molecular formula is C16H21N5O2S. The molecule has 8 heteroatoms. The molecule has 0 aliphatic carbocycles. The molecule has 1 fully saturated rings. The molecule has 3 heterocycles. The minimum atomic E-state index is -0.256. The van der Waals surface area contributed by atoms with Gasteiger partial charge >= 0.3 is 0 Å². The zero-order chi connectivity index (χ0) is 17.1. The number of amides is 1. The van der Waals surface area contributed by atoms with Crippen molar-refractivity contribution in [3.63, 3.8) is 0 Å². The molecule has 128 valence electrons. The second-order valence-corrected chi connectivity index (χ2v) is 6.69. The van der Waals surface area contributed by atoms with Crippen LogP contribution < -0.4 is 16.0 Å². The molecule has 2 aromatic heterocycles. The second kappa shape index (κ2) is 7.25. The number of anilines is 2. The molecule has 1 amide bonds. The Labute approximate surface area is 144 Å². The standard InChI is InChI=1S/C16H21N5O2S/c1-10-7-21(8-11(2)23-10)14-5-3-4-12(18-14)13-9-24-16(19-13)20-15(22)6-17/h3-5,9-11H,6-8,17H2,1-2H3,(H,19,20,22). The van der Waals surface area contributed by atoms with E-state index in [-0.39, 0.29) is 24.7 Å². The fourth-order valence-electron chi connectivity index (χ4n) is 2.73. The van der Waals surface area contributed by atoms with Crippen LogP contribution in [-0.4, -0.2) is 47.7 Å². The fraction of sp³-hybridized carbons (Fsp3) is 0.438. The van der Waals surface area contributed by atoms with E-state index in [0.29, 0.717) is 5.13 Å². The number of nitrogens with zero attached hydrogens (tertiary/aromatic N) is 3. The van der Waals surface area contributed by atoms with Gasteiger partial charge in [-0.05, 0) is 26.0 Å². The Morgan fingerprint density at radius 2 is 2.08 bits per heavy atom. The number of nitrogens with one attached hydrogen (secondary N) is 1. The molecule has 0 saturated carbocycles. The van der Waals surface area contributed by atoms with Gasteiger partial charge in [0, 0.05) is 18.5 Å². The van der Waals surface area contributed by atoms with Gasteiger partial charge in [0.05, 0.1) is 24.4 Å². The summed E-state index contributed by atoms with van der Waals surface area (Å²) in [7, 11) is 0. The highest BCUT2D eigenvalue weighted by Crippen LogP contribution is 2.26. The third-order valence-corrected chi connectivity index (χ3v) is 4.43. The summed E-state index contributed by atoms with van der Waals surface area (Å²) in [6, 6.07) is 5.89. The van der Waals surface area contributed by atoms with Gasteiger partial charge in [-0.1, -0.05) is 6.07 Å². The lowest BCUT2D eigenvalue weighted by Crippen LogP contribution is -2.45. The number of morpholine rings is 1. The van der Waals surface area contributed by atoms with Crippen molar-refractivity contribution in [3.05, 3.63) is 23.6 Å². The van der Waals surface area contributed by atoms with E-state index < -0.39 is 0 Å². The van der Waals surface area contributed by atoms with Gasteiger partial charge in [0.15, 0.2) is 5.13 Å². The smallest absolute Gasteiger partial charge is 0.239 e. The van der Waals surface area contributed by atoms with Crippen molar-refractivity contribution >= 4 is 28.2 Å². The van der Waals surface area contributed by atoms with Crippen LogP contribution in [0.5, 0.6) is 0 Å². The van der Waals surface area contributed by atoms with Crippen molar-refractivity contribution in [1.29, 1.82) is 0 Å². The number of pyridine rings is 1. The van der Waals surface area contributed by atoms with E-state index in [1.54, 1.807) is 0 Å². The van der Waals surface area contributed by atoms with Crippen LogP contribution in [0.3, 0.4) is 0 Å². The molecule has 1 saturated heterocycles. The van der Waals surface area contributed by atoms with E-state index in [2.05, 4.69) is 29.0 Å². The van der Waals surface area contributed by atoms with Crippen LogP contribution in [0.4, 0.5) is 10.9 Å². The summed E-state index contributed by atoms with van der Waals surface area (Å²) in [4.78, 5) is 22.7. The molecule has 2 atom stereocenters. The number of ether oxygens (including phenoxy) is 1. The molecular weight excluding hydrogens is 326 g/mol. The summed E-state index contributed by atoms with van der Waals surface area (Å²) in [5.41, 5.74) is 6.82. The number of carbonyl (C=O) groups is 1. The van der Waals surface area contributed by atoms with Crippen LogP contribution >= 0.6 is 11.3 Å². The average Bonchev–Trinajstić information content (AvgIpc) is 3.02. The normalized spacial score (nSPS) is 20.9. The van der Waals surface area contributed by atoms with E-state index >= 15 is 0 Å². The SMILES string of the molecule is CC1CN(c2cccc(-c3csc(NC(=O)CN)n3)n2)CC(C)O1. The molecule has 1 aliphatic rings.